The minimum Gasteiger partial charge on any atom is -0.399 e. The molecule has 33 heavy (non-hydrogen) atoms. The molecule has 0 unspecified atom stereocenters. The number of benzene rings is 3. The Morgan fingerprint density at radius 3 is 2.24 bits per heavy atom. The fraction of sp³-hybridized carbons (Fsp3) is 0.259. The van der Waals surface area contributed by atoms with Gasteiger partial charge in [0.05, 0.1) is 5.52 Å². The first kappa shape index (κ1) is 23.8. The second kappa shape index (κ2) is 10.3. The van der Waals surface area contributed by atoms with E-state index in [1.165, 1.54) is 69.9 Å². The molecule has 6 heteroatoms. The fourth-order valence-corrected chi connectivity index (χ4v) is 5.28. The van der Waals surface area contributed by atoms with Crippen LogP contribution in [0, 0.1) is 10.5 Å². The van der Waals surface area contributed by atoms with Crippen LogP contribution in [0.2, 0.25) is 0 Å². The number of nitrogens with two attached hydrogens (primary N) is 1. The van der Waals surface area contributed by atoms with Gasteiger partial charge in [-0.15, -0.1) is 12.4 Å². The third kappa shape index (κ3) is 5.09. The van der Waals surface area contributed by atoms with Crippen LogP contribution in [0.3, 0.4) is 0 Å². The van der Waals surface area contributed by atoms with E-state index < -0.39 is 0 Å². The molecule has 0 aliphatic heterocycles. The lowest BCUT2D eigenvalue weighted by atomic mass is 10.1. The number of hydrogen-bond donors (Lipinski definition) is 2. The van der Waals surface area contributed by atoms with Crippen molar-refractivity contribution >= 4 is 63.1 Å². The molecule has 3 aromatic carbocycles. The highest BCUT2D eigenvalue weighted by Crippen LogP contribution is 2.30. The molecule has 6 rings (SSSR count). The van der Waals surface area contributed by atoms with Crippen molar-refractivity contribution in [1.29, 1.82) is 0 Å². The van der Waals surface area contributed by atoms with E-state index in [4.69, 9.17) is 5.73 Å². The van der Waals surface area contributed by atoms with Crippen molar-refractivity contribution in [1.82, 2.24) is 9.97 Å². The van der Waals surface area contributed by atoms with Gasteiger partial charge in [-0.25, -0.2) is 9.97 Å². The quantitative estimate of drug-likeness (QED) is 0.202. The molecule has 3 N–H and O–H groups in total. The van der Waals surface area contributed by atoms with Gasteiger partial charge in [0.1, 0.15) is 12.1 Å². The third-order valence-corrected chi connectivity index (χ3v) is 7.78. The number of nitrogen functional groups attached to an aromatic ring is 1. The molecule has 0 radical (unpaired) electrons. The summed E-state index contributed by atoms with van der Waals surface area (Å²) in [5.74, 6) is 0.876. The maximum absolute atomic E-state index is 5.63. The van der Waals surface area contributed by atoms with E-state index in [-0.39, 0.29) is 12.4 Å². The maximum atomic E-state index is 5.63. The van der Waals surface area contributed by atoms with Crippen molar-refractivity contribution < 1.29 is 0 Å². The molecule has 0 spiro atoms. The summed E-state index contributed by atoms with van der Waals surface area (Å²) >= 11 is 2.36. The summed E-state index contributed by atoms with van der Waals surface area (Å²) in [6.07, 6.45) is 9.08. The SMILES string of the molecule is Cc1ccc2c(Nc3ccc4c(c3)CCC4)ncnc2c1I.Cl.Nc1ccc2c(c1)CCC2. The average molecular weight is 571 g/mol. The van der Waals surface area contributed by atoms with Gasteiger partial charge in [-0.2, -0.15) is 0 Å². The first-order chi connectivity index (χ1) is 15.6. The molecule has 4 nitrogen and oxygen atoms in total. The number of nitrogens with one attached hydrogen (secondary N) is 1. The number of aryl methyl sites for hydroxylation is 5. The Morgan fingerprint density at radius 2 is 1.48 bits per heavy atom. The van der Waals surface area contributed by atoms with Crippen molar-refractivity contribution in [3.05, 3.63) is 86.2 Å². The molecule has 0 saturated carbocycles. The van der Waals surface area contributed by atoms with Crippen LogP contribution in [0.4, 0.5) is 17.2 Å². The number of aromatic nitrogens is 2. The molecule has 2 aliphatic rings. The monoisotopic (exact) mass is 570 g/mol. The predicted molar refractivity (Wildman–Crippen MR) is 149 cm³/mol. The highest BCUT2D eigenvalue weighted by atomic mass is 127. The van der Waals surface area contributed by atoms with Gasteiger partial charge in [0.15, 0.2) is 0 Å². The Hall–Kier alpha value is -2.38. The molecule has 0 amide bonds. The van der Waals surface area contributed by atoms with E-state index in [1.807, 2.05) is 6.07 Å². The standard InChI is InChI=1S/C18H16IN3.C9H11N.ClH/c1-11-5-8-15-17(16(11)19)20-10-21-18(15)22-14-7-6-12-3-2-4-13(12)9-14;10-9-5-4-7-2-1-3-8(7)6-9;/h5-10H,2-4H2,1H3,(H,20,21,22);4-6H,1-3,10H2;1H. The Bertz CT molecular complexity index is 1310. The summed E-state index contributed by atoms with van der Waals surface area (Å²) in [4.78, 5) is 8.88. The lowest BCUT2D eigenvalue weighted by molar-refractivity contribution is 0.912. The smallest absolute Gasteiger partial charge is 0.141 e. The van der Waals surface area contributed by atoms with E-state index in [0.29, 0.717) is 0 Å². The first-order valence-electron chi connectivity index (χ1n) is 11.2. The number of halogens is 2. The first-order valence-corrected chi connectivity index (χ1v) is 12.3. The van der Waals surface area contributed by atoms with E-state index in [1.54, 1.807) is 6.33 Å². The van der Waals surface area contributed by atoms with Crippen molar-refractivity contribution in [2.45, 2.75) is 45.4 Å². The molecule has 0 atom stereocenters. The van der Waals surface area contributed by atoms with Gasteiger partial charge in [0.2, 0.25) is 0 Å². The molecule has 2 aliphatic carbocycles. The summed E-state index contributed by atoms with van der Waals surface area (Å²) in [5, 5.41) is 4.54. The molecule has 0 fully saturated rings. The Kier molecular flexibility index (Phi) is 7.39. The zero-order valence-electron chi connectivity index (χ0n) is 18.7. The molecule has 1 heterocycles. The second-order valence-electron chi connectivity index (χ2n) is 8.66. The van der Waals surface area contributed by atoms with Gasteiger partial charge >= 0.3 is 0 Å². The highest BCUT2D eigenvalue weighted by Gasteiger charge is 2.13. The average Bonchev–Trinajstić information content (AvgIpc) is 3.45. The van der Waals surface area contributed by atoms with Crippen LogP contribution < -0.4 is 11.1 Å². The number of anilines is 3. The number of fused-ring (bicyclic) bond motifs is 3. The van der Waals surface area contributed by atoms with E-state index >= 15 is 0 Å². The molecule has 1 aromatic heterocycles. The predicted octanol–water partition coefficient (Wildman–Crippen LogP) is 6.95. The Labute approximate surface area is 215 Å². The second-order valence-corrected chi connectivity index (χ2v) is 9.74. The van der Waals surface area contributed by atoms with Gasteiger partial charge in [-0.05, 0) is 126 Å². The highest BCUT2D eigenvalue weighted by molar-refractivity contribution is 14.1. The van der Waals surface area contributed by atoms with Crippen molar-refractivity contribution in [3.63, 3.8) is 0 Å². The van der Waals surface area contributed by atoms with Crippen LogP contribution in [0.5, 0.6) is 0 Å². The van der Waals surface area contributed by atoms with Gasteiger partial charge in [0, 0.05) is 20.3 Å². The number of rotatable bonds is 2. The Balaban J connectivity index is 0.000000198. The largest absolute Gasteiger partial charge is 0.399 e. The normalized spacial score (nSPS) is 13.5. The van der Waals surface area contributed by atoms with Crippen LogP contribution in [0.25, 0.3) is 10.9 Å². The van der Waals surface area contributed by atoms with Crippen molar-refractivity contribution in [3.8, 4) is 0 Å². The summed E-state index contributed by atoms with van der Waals surface area (Å²) in [5.41, 5.74) is 15.8. The lowest BCUT2D eigenvalue weighted by Crippen LogP contribution is -1.98. The fourth-order valence-electron chi connectivity index (χ4n) is 4.67. The van der Waals surface area contributed by atoms with Gasteiger partial charge in [-0.3, -0.25) is 0 Å². The van der Waals surface area contributed by atoms with Crippen LogP contribution >= 0.6 is 35.0 Å². The van der Waals surface area contributed by atoms with Gasteiger partial charge in [-0.1, -0.05) is 18.2 Å². The number of nitrogens with zero attached hydrogens (tertiary/aromatic N) is 2. The maximum Gasteiger partial charge on any atom is 0.141 e. The third-order valence-electron chi connectivity index (χ3n) is 6.42. The van der Waals surface area contributed by atoms with Crippen molar-refractivity contribution in [2.75, 3.05) is 11.1 Å². The topological polar surface area (TPSA) is 63.8 Å². The lowest BCUT2D eigenvalue weighted by Gasteiger charge is -2.11. The zero-order valence-corrected chi connectivity index (χ0v) is 21.7. The van der Waals surface area contributed by atoms with Gasteiger partial charge < -0.3 is 11.1 Å². The van der Waals surface area contributed by atoms with Crippen LogP contribution in [-0.4, -0.2) is 9.97 Å². The van der Waals surface area contributed by atoms with E-state index in [9.17, 15) is 0 Å². The van der Waals surface area contributed by atoms with Crippen molar-refractivity contribution in [2.24, 2.45) is 0 Å². The summed E-state index contributed by atoms with van der Waals surface area (Å²) in [6.45, 7) is 2.11. The number of hydrogen-bond acceptors (Lipinski definition) is 4. The molecular formula is C27H28ClIN4. The molecule has 0 bridgehead atoms. The zero-order chi connectivity index (χ0) is 22.1. The minimum atomic E-state index is 0. The summed E-state index contributed by atoms with van der Waals surface area (Å²) in [7, 11) is 0. The molecular weight excluding hydrogens is 543 g/mol. The van der Waals surface area contributed by atoms with Crippen LogP contribution in [0.1, 0.15) is 40.7 Å². The summed E-state index contributed by atoms with van der Waals surface area (Å²) in [6, 6.07) is 17.1. The summed E-state index contributed by atoms with van der Waals surface area (Å²) < 4.78 is 1.19. The Morgan fingerprint density at radius 1 is 0.818 bits per heavy atom. The van der Waals surface area contributed by atoms with E-state index in [2.05, 4.69) is 87.3 Å². The molecule has 0 saturated heterocycles. The molecule has 170 valence electrons. The van der Waals surface area contributed by atoms with Crippen LogP contribution in [0.15, 0.2) is 54.9 Å². The minimum absolute atomic E-state index is 0. The molecule has 4 aromatic rings. The van der Waals surface area contributed by atoms with Crippen LogP contribution in [-0.2, 0) is 25.7 Å². The van der Waals surface area contributed by atoms with E-state index in [0.717, 1.165) is 28.1 Å². The van der Waals surface area contributed by atoms with Gasteiger partial charge in [0.25, 0.3) is 0 Å².